The van der Waals surface area contributed by atoms with Gasteiger partial charge in [-0.15, -0.1) is 0 Å². The Hall–Kier alpha value is -2.90. The van der Waals surface area contributed by atoms with E-state index < -0.39 is 5.91 Å². The van der Waals surface area contributed by atoms with Crippen LogP contribution in [0.5, 0.6) is 0 Å². The van der Waals surface area contributed by atoms with E-state index in [2.05, 4.69) is 37.8 Å². The summed E-state index contributed by atoms with van der Waals surface area (Å²) in [5.74, 6) is 1.12. The molecule has 0 unspecified atom stereocenters. The minimum absolute atomic E-state index is 0. The highest BCUT2D eigenvalue weighted by Crippen LogP contribution is 2.37. The van der Waals surface area contributed by atoms with Gasteiger partial charge >= 0.3 is 0 Å². The summed E-state index contributed by atoms with van der Waals surface area (Å²) in [6, 6.07) is 5.72. The van der Waals surface area contributed by atoms with Crippen molar-refractivity contribution in [1.29, 1.82) is 0 Å². The molecule has 0 aliphatic heterocycles. The fraction of sp³-hybridized carbons (Fsp3) is 0.583. The second-order valence-corrected chi connectivity index (χ2v) is 9.32. The van der Waals surface area contributed by atoms with E-state index in [9.17, 15) is 4.79 Å². The number of carbonyl (C=O) groups excluding carboxylic acids is 1. The first-order valence-electron chi connectivity index (χ1n) is 11.3. The molecule has 1 heterocycles. The maximum Gasteiger partial charge on any atom is 0.248 e. The Kier molecular flexibility index (Phi) is 7.53. The number of anilines is 4. The summed E-state index contributed by atoms with van der Waals surface area (Å²) in [5, 5.41) is 10.2. The largest absolute Gasteiger partial charge is 0.366 e. The summed E-state index contributed by atoms with van der Waals surface area (Å²) in [6.45, 7) is 5.13. The van der Waals surface area contributed by atoms with Gasteiger partial charge in [0, 0.05) is 23.8 Å². The molecule has 2 saturated carbocycles. The molecule has 8 heteroatoms. The van der Waals surface area contributed by atoms with Crippen molar-refractivity contribution < 1.29 is 4.79 Å². The van der Waals surface area contributed by atoms with E-state index in [0.29, 0.717) is 29.5 Å². The molecule has 0 radical (unpaired) electrons. The van der Waals surface area contributed by atoms with Crippen LogP contribution in [0.4, 0.5) is 23.5 Å². The van der Waals surface area contributed by atoms with Crippen LogP contribution in [0.15, 0.2) is 18.2 Å². The molecule has 2 aliphatic rings. The van der Waals surface area contributed by atoms with Crippen LogP contribution in [-0.2, 0) is 0 Å². The lowest BCUT2D eigenvalue weighted by Gasteiger charge is -2.24. The fourth-order valence-electron chi connectivity index (χ4n) is 4.56. The molecule has 0 saturated heterocycles. The molecule has 174 valence electrons. The number of primary amides is 1. The standard InChI is InChI=1S/C23H33N7O.CH4/c1-15-9-10-16(19(24)31)13-18(15)27-22-29-20(25-14-23(2)11-5-6-12-23)28-21(30-22)26-17-7-3-4-8-17;/h9-10,13,17H,3-8,11-12,14H2,1-2H3,(H2,24,31)(H3,25,26,27,28,29,30);1H4. The smallest absolute Gasteiger partial charge is 0.248 e. The van der Waals surface area contributed by atoms with Gasteiger partial charge in [0.05, 0.1) is 0 Å². The normalized spacial score (nSPS) is 17.6. The predicted molar refractivity (Wildman–Crippen MR) is 130 cm³/mol. The van der Waals surface area contributed by atoms with E-state index in [1.807, 2.05) is 13.0 Å². The lowest BCUT2D eigenvalue weighted by atomic mass is 9.89. The maximum absolute atomic E-state index is 11.6. The van der Waals surface area contributed by atoms with Crippen molar-refractivity contribution in [3.05, 3.63) is 29.3 Å². The monoisotopic (exact) mass is 439 g/mol. The molecular formula is C24H37N7O. The first-order valence-corrected chi connectivity index (χ1v) is 11.3. The van der Waals surface area contributed by atoms with Crippen molar-refractivity contribution in [3.8, 4) is 0 Å². The summed E-state index contributed by atoms with van der Waals surface area (Å²) >= 11 is 0. The van der Waals surface area contributed by atoms with Gasteiger partial charge in [-0.3, -0.25) is 4.79 Å². The van der Waals surface area contributed by atoms with Crippen molar-refractivity contribution in [3.63, 3.8) is 0 Å². The van der Waals surface area contributed by atoms with Crippen LogP contribution >= 0.6 is 0 Å². The predicted octanol–water partition coefficient (Wildman–Crippen LogP) is 5.01. The van der Waals surface area contributed by atoms with Crippen molar-refractivity contribution >= 4 is 29.4 Å². The summed E-state index contributed by atoms with van der Waals surface area (Å²) in [5.41, 5.74) is 7.90. The minimum Gasteiger partial charge on any atom is -0.366 e. The number of carbonyl (C=O) groups is 1. The van der Waals surface area contributed by atoms with Crippen molar-refractivity contribution in [2.75, 3.05) is 22.5 Å². The number of amides is 1. The van der Waals surface area contributed by atoms with Crippen molar-refractivity contribution in [2.24, 2.45) is 11.1 Å². The SMILES string of the molecule is C.Cc1ccc(C(N)=O)cc1Nc1nc(NCC2(C)CCCC2)nc(NC2CCCC2)n1. The molecule has 8 nitrogen and oxygen atoms in total. The number of nitrogens with zero attached hydrogens (tertiary/aromatic N) is 3. The second-order valence-electron chi connectivity index (χ2n) is 9.32. The lowest BCUT2D eigenvalue weighted by molar-refractivity contribution is 0.100. The third-order valence-corrected chi connectivity index (χ3v) is 6.58. The Morgan fingerprint density at radius 1 is 1.06 bits per heavy atom. The third-order valence-electron chi connectivity index (χ3n) is 6.58. The van der Waals surface area contributed by atoms with Crippen LogP contribution in [-0.4, -0.2) is 33.4 Å². The van der Waals surface area contributed by atoms with Crippen LogP contribution in [0.3, 0.4) is 0 Å². The number of hydrogen-bond acceptors (Lipinski definition) is 7. The van der Waals surface area contributed by atoms with Crippen molar-refractivity contribution in [1.82, 2.24) is 15.0 Å². The first kappa shape index (κ1) is 23.8. The van der Waals surface area contributed by atoms with E-state index in [1.165, 1.54) is 38.5 Å². The number of aromatic nitrogens is 3. The van der Waals surface area contributed by atoms with E-state index in [-0.39, 0.29) is 12.8 Å². The average Bonchev–Trinajstić information content (AvgIpc) is 3.40. The quantitative estimate of drug-likeness (QED) is 0.457. The number of rotatable bonds is 8. The zero-order valence-corrected chi connectivity index (χ0v) is 18.5. The number of hydrogen-bond donors (Lipinski definition) is 4. The summed E-state index contributed by atoms with van der Waals surface area (Å²) < 4.78 is 0. The highest BCUT2D eigenvalue weighted by Gasteiger charge is 2.28. The Morgan fingerprint density at radius 2 is 1.72 bits per heavy atom. The molecule has 5 N–H and O–H groups in total. The topological polar surface area (TPSA) is 118 Å². The van der Waals surface area contributed by atoms with Gasteiger partial charge < -0.3 is 21.7 Å². The molecule has 32 heavy (non-hydrogen) atoms. The van der Waals surface area contributed by atoms with Gasteiger partial charge in [-0.25, -0.2) is 0 Å². The van der Waals surface area contributed by atoms with Gasteiger partial charge in [0.1, 0.15) is 0 Å². The Morgan fingerprint density at radius 3 is 2.41 bits per heavy atom. The summed E-state index contributed by atoms with van der Waals surface area (Å²) in [6.07, 6.45) is 9.75. The molecule has 1 aromatic carbocycles. The number of nitrogens with one attached hydrogen (secondary N) is 3. The molecule has 0 spiro atoms. The third kappa shape index (κ3) is 5.87. The molecule has 1 amide bonds. The van der Waals surface area contributed by atoms with E-state index >= 15 is 0 Å². The fourth-order valence-corrected chi connectivity index (χ4v) is 4.56. The van der Waals surface area contributed by atoms with Crippen LogP contribution < -0.4 is 21.7 Å². The first-order chi connectivity index (χ1) is 14.9. The van der Waals surface area contributed by atoms with Crippen LogP contribution in [0.1, 0.15) is 81.6 Å². The van der Waals surface area contributed by atoms with Gasteiger partial charge in [0.25, 0.3) is 0 Å². The highest BCUT2D eigenvalue weighted by atomic mass is 16.1. The minimum atomic E-state index is -0.463. The zero-order valence-electron chi connectivity index (χ0n) is 18.5. The maximum atomic E-state index is 11.6. The number of aryl methyl sites for hydroxylation is 1. The van der Waals surface area contributed by atoms with Crippen LogP contribution in [0.2, 0.25) is 0 Å². The van der Waals surface area contributed by atoms with Gasteiger partial charge in [0.2, 0.25) is 23.8 Å². The van der Waals surface area contributed by atoms with Crippen LogP contribution in [0.25, 0.3) is 0 Å². The second kappa shape index (κ2) is 10.1. The molecule has 0 bridgehead atoms. The number of nitrogens with two attached hydrogens (primary N) is 1. The zero-order chi connectivity index (χ0) is 21.8. The summed E-state index contributed by atoms with van der Waals surface area (Å²) in [7, 11) is 0. The molecular weight excluding hydrogens is 402 g/mol. The molecule has 2 aliphatic carbocycles. The lowest BCUT2D eigenvalue weighted by Crippen LogP contribution is -2.25. The number of benzene rings is 1. The van der Waals surface area contributed by atoms with E-state index in [1.54, 1.807) is 12.1 Å². The van der Waals surface area contributed by atoms with Gasteiger partial charge in [0.15, 0.2) is 0 Å². The Balaban J connectivity index is 0.00000289. The summed E-state index contributed by atoms with van der Waals surface area (Å²) in [4.78, 5) is 25.4. The molecule has 2 fully saturated rings. The van der Waals surface area contributed by atoms with Crippen LogP contribution in [0, 0.1) is 12.3 Å². The molecule has 1 aromatic heterocycles. The van der Waals surface area contributed by atoms with Gasteiger partial charge in [-0.05, 0) is 55.7 Å². The Bertz CT molecular complexity index is 934. The van der Waals surface area contributed by atoms with Gasteiger partial charge in [-0.2, -0.15) is 15.0 Å². The molecule has 2 aromatic rings. The van der Waals surface area contributed by atoms with Crippen molar-refractivity contribution in [2.45, 2.75) is 78.7 Å². The highest BCUT2D eigenvalue weighted by molar-refractivity contribution is 5.94. The average molecular weight is 440 g/mol. The van der Waals surface area contributed by atoms with Gasteiger partial charge in [-0.1, -0.05) is 46.1 Å². The van der Waals surface area contributed by atoms with E-state index in [0.717, 1.165) is 30.6 Å². The molecule has 0 atom stereocenters. The van der Waals surface area contributed by atoms with E-state index in [4.69, 9.17) is 5.73 Å². The molecule has 4 rings (SSSR count). The Labute approximate surface area is 191 Å².